The molecule has 2 N–H and O–H groups in total. The molecule has 0 saturated carbocycles. The van der Waals surface area contributed by atoms with Crippen LogP contribution in [0.2, 0.25) is 0 Å². The average molecular weight is 405 g/mol. The van der Waals surface area contributed by atoms with Crippen LogP contribution >= 0.6 is 0 Å². The number of rotatable bonds is 10. The van der Waals surface area contributed by atoms with E-state index in [1.165, 1.54) is 0 Å². The lowest BCUT2D eigenvalue weighted by Crippen LogP contribution is -2.42. The second-order valence-corrected chi connectivity index (χ2v) is 7.14. The molecule has 29 heavy (non-hydrogen) atoms. The zero-order valence-electron chi connectivity index (χ0n) is 17.2. The van der Waals surface area contributed by atoms with Gasteiger partial charge in [-0.1, -0.05) is 12.1 Å². The minimum absolute atomic E-state index is 0.00536. The third-order valence-corrected chi connectivity index (χ3v) is 4.97. The molecule has 1 saturated heterocycles. The first-order valence-electron chi connectivity index (χ1n) is 10.4. The Morgan fingerprint density at radius 3 is 2.90 bits per heavy atom. The predicted octanol–water partition coefficient (Wildman–Crippen LogP) is 1.55. The summed E-state index contributed by atoms with van der Waals surface area (Å²) in [5, 5.41) is 6.58. The minimum atomic E-state index is -0.00536. The second kappa shape index (κ2) is 11.6. The molecular weight excluding hydrogens is 372 g/mol. The molecule has 1 fully saturated rings. The predicted molar refractivity (Wildman–Crippen MR) is 113 cm³/mol. The molecule has 8 heteroatoms. The van der Waals surface area contributed by atoms with Crippen molar-refractivity contribution in [1.82, 2.24) is 10.6 Å². The van der Waals surface area contributed by atoms with Gasteiger partial charge in [-0.25, -0.2) is 0 Å². The van der Waals surface area contributed by atoms with E-state index in [-0.39, 0.29) is 18.6 Å². The molecular formula is C21H32N4O4. The Morgan fingerprint density at radius 1 is 1.28 bits per heavy atom. The lowest BCUT2D eigenvalue weighted by molar-refractivity contribution is -0.121. The van der Waals surface area contributed by atoms with Gasteiger partial charge in [0.1, 0.15) is 5.75 Å². The Kier molecular flexibility index (Phi) is 8.58. The third-order valence-electron chi connectivity index (χ3n) is 4.97. The van der Waals surface area contributed by atoms with Gasteiger partial charge in [0.05, 0.1) is 18.4 Å². The number of para-hydroxylation sites is 2. The summed E-state index contributed by atoms with van der Waals surface area (Å²) >= 11 is 0. The van der Waals surface area contributed by atoms with Gasteiger partial charge in [-0.2, -0.15) is 0 Å². The van der Waals surface area contributed by atoms with Crippen LogP contribution in [-0.2, 0) is 14.3 Å². The van der Waals surface area contributed by atoms with Gasteiger partial charge in [0.15, 0.2) is 12.6 Å². The molecule has 1 aromatic rings. The Bertz CT molecular complexity index is 676. The summed E-state index contributed by atoms with van der Waals surface area (Å²) in [4.78, 5) is 18.2. The highest BCUT2D eigenvalue weighted by atomic mass is 16.5. The first-order valence-corrected chi connectivity index (χ1v) is 10.4. The van der Waals surface area contributed by atoms with Crippen LogP contribution in [0, 0.1) is 0 Å². The topological polar surface area (TPSA) is 84.4 Å². The lowest BCUT2D eigenvalue weighted by atomic mass is 10.2. The number of hydrogen-bond acceptors (Lipinski definition) is 5. The monoisotopic (exact) mass is 404 g/mol. The van der Waals surface area contributed by atoms with E-state index in [2.05, 4.69) is 15.6 Å². The molecule has 0 bridgehead atoms. The van der Waals surface area contributed by atoms with E-state index >= 15 is 0 Å². The van der Waals surface area contributed by atoms with E-state index in [4.69, 9.17) is 14.2 Å². The van der Waals surface area contributed by atoms with Crippen LogP contribution in [0.25, 0.3) is 0 Å². The normalized spacial score (nSPS) is 19.1. The molecule has 1 aromatic carbocycles. The van der Waals surface area contributed by atoms with E-state index in [9.17, 15) is 4.79 Å². The van der Waals surface area contributed by atoms with Crippen LogP contribution < -0.4 is 20.3 Å². The summed E-state index contributed by atoms with van der Waals surface area (Å²) in [7, 11) is 1.75. The van der Waals surface area contributed by atoms with E-state index in [0.29, 0.717) is 19.8 Å². The van der Waals surface area contributed by atoms with Crippen LogP contribution in [0.4, 0.5) is 5.69 Å². The standard InChI is InChI=1S/C21H32N4O4/c1-22-21(24-11-6-13-27-15-17-7-4-14-28-17)23-10-5-12-25-18-8-2-3-9-19(18)29-16-20(25)26/h2-3,8-9,17H,4-7,10-16H2,1H3,(H2,22,23,24). The van der Waals surface area contributed by atoms with Crippen molar-refractivity contribution >= 4 is 17.6 Å². The highest BCUT2D eigenvalue weighted by Crippen LogP contribution is 2.31. The van der Waals surface area contributed by atoms with Crippen molar-refractivity contribution in [1.29, 1.82) is 0 Å². The van der Waals surface area contributed by atoms with Crippen molar-refractivity contribution in [3.05, 3.63) is 24.3 Å². The average Bonchev–Trinajstić information content (AvgIpc) is 3.26. The highest BCUT2D eigenvalue weighted by Gasteiger charge is 2.24. The number of hydrogen-bond donors (Lipinski definition) is 2. The van der Waals surface area contributed by atoms with Crippen molar-refractivity contribution in [2.24, 2.45) is 4.99 Å². The van der Waals surface area contributed by atoms with Crippen molar-refractivity contribution in [2.75, 3.05) is 58.0 Å². The number of amides is 1. The van der Waals surface area contributed by atoms with E-state index < -0.39 is 0 Å². The van der Waals surface area contributed by atoms with Gasteiger partial charge in [-0.3, -0.25) is 9.79 Å². The lowest BCUT2D eigenvalue weighted by Gasteiger charge is -2.29. The molecule has 8 nitrogen and oxygen atoms in total. The maximum Gasteiger partial charge on any atom is 0.265 e. The molecule has 2 aliphatic rings. The maximum atomic E-state index is 12.2. The molecule has 0 aromatic heterocycles. The number of guanidine groups is 1. The van der Waals surface area contributed by atoms with Crippen molar-refractivity contribution in [3.8, 4) is 5.75 Å². The highest BCUT2D eigenvalue weighted by molar-refractivity contribution is 5.97. The molecule has 0 spiro atoms. The van der Waals surface area contributed by atoms with Gasteiger partial charge in [0, 0.05) is 39.9 Å². The molecule has 1 unspecified atom stereocenters. The summed E-state index contributed by atoms with van der Waals surface area (Å²) < 4.78 is 16.7. The SMILES string of the molecule is CN=C(NCCCOCC1CCCO1)NCCCN1C(=O)COc2ccccc21. The molecule has 1 atom stereocenters. The van der Waals surface area contributed by atoms with Crippen LogP contribution in [0.15, 0.2) is 29.3 Å². The fourth-order valence-electron chi connectivity index (χ4n) is 3.44. The number of nitrogens with zero attached hydrogens (tertiary/aromatic N) is 2. The van der Waals surface area contributed by atoms with E-state index in [1.54, 1.807) is 11.9 Å². The van der Waals surface area contributed by atoms with Gasteiger partial charge in [0.25, 0.3) is 5.91 Å². The third kappa shape index (κ3) is 6.61. The van der Waals surface area contributed by atoms with Gasteiger partial charge in [-0.05, 0) is 37.8 Å². The molecule has 0 aliphatic carbocycles. The van der Waals surface area contributed by atoms with Crippen LogP contribution in [0.3, 0.4) is 0 Å². The summed E-state index contributed by atoms with van der Waals surface area (Å²) in [6.45, 7) is 4.52. The number of carbonyl (C=O) groups is 1. The largest absolute Gasteiger partial charge is 0.482 e. The fourth-order valence-corrected chi connectivity index (χ4v) is 3.44. The van der Waals surface area contributed by atoms with Gasteiger partial charge >= 0.3 is 0 Å². The Hall–Kier alpha value is -2.32. The maximum absolute atomic E-state index is 12.2. The Balaban J connectivity index is 1.27. The van der Waals surface area contributed by atoms with Crippen LogP contribution in [0.1, 0.15) is 25.7 Å². The van der Waals surface area contributed by atoms with Crippen molar-refractivity contribution < 1.29 is 19.0 Å². The fraction of sp³-hybridized carbons (Fsp3) is 0.619. The zero-order valence-corrected chi connectivity index (χ0v) is 17.2. The number of aliphatic imine (C=N–C) groups is 1. The molecule has 1 amide bonds. The second-order valence-electron chi connectivity index (χ2n) is 7.14. The molecule has 2 heterocycles. The summed E-state index contributed by atoms with van der Waals surface area (Å²) in [5.41, 5.74) is 0.842. The quantitative estimate of drug-likeness (QED) is 0.350. The Labute approximate surface area is 172 Å². The first kappa shape index (κ1) is 21.4. The Morgan fingerprint density at radius 2 is 2.10 bits per heavy atom. The number of ether oxygens (including phenoxy) is 3. The molecule has 160 valence electrons. The number of carbonyl (C=O) groups excluding carboxylic acids is 1. The minimum Gasteiger partial charge on any atom is -0.482 e. The van der Waals surface area contributed by atoms with Gasteiger partial charge < -0.3 is 29.7 Å². The van der Waals surface area contributed by atoms with Crippen molar-refractivity contribution in [2.45, 2.75) is 31.8 Å². The van der Waals surface area contributed by atoms with E-state index in [1.807, 2.05) is 24.3 Å². The van der Waals surface area contributed by atoms with Gasteiger partial charge in [-0.15, -0.1) is 0 Å². The van der Waals surface area contributed by atoms with Crippen LogP contribution in [-0.4, -0.2) is 71.1 Å². The molecule has 3 rings (SSSR count). The van der Waals surface area contributed by atoms with Gasteiger partial charge in [0.2, 0.25) is 0 Å². The molecule has 0 radical (unpaired) electrons. The van der Waals surface area contributed by atoms with E-state index in [0.717, 1.165) is 62.8 Å². The first-order chi connectivity index (χ1) is 14.3. The number of fused-ring (bicyclic) bond motifs is 1. The number of benzene rings is 1. The number of nitrogens with one attached hydrogen (secondary N) is 2. The summed E-state index contributed by atoms with van der Waals surface area (Å²) in [5.74, 6) is 1.52. The summed E-state index contributed by atoms with van der Waals surface area (Å²) in [6, 6.07) is 7.64. The van der Waals surface area contributed by atoms with Crippen molar-refractivity contribution in [3.63, 3.8) is 0 Å². The number of anilines is 1. The molecule has 2 aliphatic heterocycles. The smallest absolute Gasteiger partial charge is 0.265 e. The zero-order chi connectivity index (χ0) is 20.3. The van der Waals surface area contributed by atoms with Crippen LogP contribution in [0.5, 0.6) is 5.75 Å². The summed E-state index contributed by atoms with van der Waals surface area (Å²) in [6.07, 6.45) is 4.25.